The van der Waals surface area contributed by atoms with Gasteiger partial charge in [0.1, 0.15) is 0 Å². The van der Waals surface area contributed by atoms with Crippen LogP contribution in [0.2, 0.25) is 0 Å². The first-order valence-corrected chi connectivity index (χ1v) is 8.08. The second-order valence-electron chi connectivity index (χ2n) is 6.15. The molecule has 1 heterocycles. The Balaban J connectivity index is 1.90. The summed E-state index contributed by atoms with van der Waals surface area (Å²) < 4.78 is 0. The van der Waals surface area contributed by atoms with Gasteiger partial charge < -0.3 is 10.2 Å². The van der Waals surface area contributed by atoms with E-state index in [4.69, 9.17) is 4.98 Å². The molecule has 3 rings (SSSR count). The molecule has 0 bridgehead atoms. The van der Waals surface area contributed by atoms with Crippen molar-refractivity contribution < 1.29 is 0 Å². The molecule has 1 aromatic carbocycles. The number of para-hydroxylation sites is 1. The van der Waals surface area contributed by atoms with Gasteiger partial charge in [-0.15, -0.1) is 0 Å². The predicted octanol–water partition coefficient (Wildman–Crippen LogP) is 3.58. The summed E-state index contributed by atoms with van der Waals surface area (Å²) in [7, 11) is 2.21. The van der Waals surface area contributed by atoms with Crippen molar-refractivity contribution in [2.24, 2.45) is 5.92 Å². The van der Waals surface area contributed by atoms with E-state index in [-0.39, 0.29) is 0 Å². The molecule has 0 saturated heterocycles. The lowest BCUT2D eigenvalue weighted by Crippen LogP contribution is -2.21. The van der Waals surface area contributed by atoms with E-state index in [2.05, 4.69) is 54.5 Å². The van der Waals surface area contributed by atoms with E-state index in [1.807, 2.05) is 0 Å². The molecule has 0 amide bonds. The van der Waals surface area contributed by atoms with Gasteiger partial charge >= 0.3 is 0 Å². The number of anilines is 1. The number of nitrogens with one attached hydrogen (secondary N) is 1. The third kappa shape index (κ3) is 3.53. The molecule has 0 radical (unpaired) electrons. The van der Waals surface area contributed by atoms with Crippen molar-refractivity contribution in [1.82, 2.24) is 10.3 Å². The highest BCUT2D eigenvalue weighted by atomic mass is 15.1. The summed E-state index contributed by atoms with van der Waals surface area (Å²) in [5.74, 6) is 0.892. The molecule has 1 aliphatic carbocycles. The zero-order valence-corrected chi connectivity index (χ0v) is 13.1. The Morgan fingerprint density at radius 2 is 2.10 bits per heavy atom. The average molecular weight is 283 g/mol. The fourth-order valence-electron chi connectivity index (χ4n) is 2.80. The van der Waals surface area contributed by atoms with Crippen LogP contribution in [0.25, 0.3) is 10.9 Å². The summed E-state index contributed by atoms with van der Waals surface area (Å²) in [5, 5.41) is 4.72. The molecule has 0 aliphatic heterocycles. The summed E-state index contributed by atoms with van der Waals surface area (Å²) in [6.45, 7) is 5.25. The van der Waals surface area contributed by atoms with E-state index < -0.39 is 0 Å². The van der Waals surface area contributed by atoms with Gasteiger partial charge in [-0.25, -0.2) is 0 Å². The van der Waals surface area contributed by atoms with Crippen LogP contribution in [0.3, 0.4) is 0 Å². The minimum Gasteiger partial charge on any atom is -0.374 e. The number of pyridine rings is 1. The molecular formula is C18H25N3. The van der Waals surface area contributed by atoms with Crippen molar-refractivity contribution >= 4 is 16.6 Å². The quantitative estimate of drug-likeness (QED) is 0.787. The Kier molecular flexibility index (Phi) is 4.39. The van der Waals surface area contributed by atoms with Crippen LogP contribution in [-0.4, -0.2) is 25.1 Å². The van der Waals surface area contributed by atoms with Gasteiger partial charge in [-0.2, -0.15) is 0 Å². The first-order valence-electron chi connectivity index (χ1n) is 8.08. The maximum Gasteiger partial charge on any atom is 0.0726 e. The molecule has 1 saturated carbocycles. The fourth-order valence-corrected chi connectivity index (χ4v) is 2.80. The van der Waals surface area contributed by atoms with Crippen LogP contribution in [0.1, 0.15) is 31.9 Å². The van der Waals surface area contributed by atoms with Gasteiger partial charge in [0.05, 0.1) is 11.2 Å². The topological polar surface area (TPSA) is 28.2 Å². The molecule has 3 heteroatoms. The lowest BCUT2D eigenvalue weighted by atomic mass is 10.1. The minimum atomic E-state index is 0.850. The number of hydrogen-bond acceptors (Lipinski definition) is 3. The maximum absolute atomic E-state index is 4.80. The van der Waals surface area contributed by atoms with E-state index in [0.717, 1.165) is 43.2 Å². The van der Waals surface area contributed by atoms with Crippen molar-refractivity contribution in [3.05, 3.63) is 36.0 Å². The lowest BCUT2D eigenvalue weighted by Gasteiger charge is -2.22. The molecule has 0 atom stereocenters. The van der Waals surface area contributed by atoms with Crippen LogP contribution < -0.4 is 10.2 Å². The zero-order chi connectivity index (χ0) is 14.7. The molecule has 1 N–H and O–H groups in total. The van der Waals surface area contributed by atoms with Gasteiger partial charge in [0.25, 0.3) is 0 Å². The van der Waals surface area contributed by atoms with Crippen LogP contribution >= 0.6 is 0 Å². The van der Waals surface area contributed by atoms with E-state index in [9.17, 15) is 0 Å². The van der Waals surface area contributed by atoms with Gasteiger partial charge in [0, 0.05) is 31.2 Å². The summed E-state index contributed by atoms with van der Waals surface area (Å²) in [5.41, 5.74) is 3.56. The van der Waals surface area contributed by atoms with Gasteiger partial charge in [-0.3, -0.25) is 4.98 Å². The highest BCUT2D eigenvalue weighted by molar-refractivity contribution is 5.91. The standard InChI is InChI=1S/C18H25N3/c1-3-10-19-12-15-11-18(21(2)13-14-8-9-14)16-6-4-5-7-17(16)20-15/h4-7,11,14,19H,3,8-10,12-13H2,1-2H3. The maximum atomic E-state index is 4.80. The van der Waals surface area contributed by atoms with Crippen LogP contribution in [0.4, 0.5) is 5.69 Å². The molecule has 1 aliphatic rings. The molecule has 112 valence electrons. The summed E-state index contributed by atoms with van der Waals surface area (Å²) in [4.78, 5) is 7.20. The van der Waals surface area contributed by atoms with Gasteiger partial charge in [0.2, 0.25) is 0 Å². The largest absolute Gasteiger partial charge is 0.374 e. The Morgan fingerprint density at radius 3 is 2.86 bits per heavy atom. The third-order valence-corrected chi connectivity index (χ3v) is 4.12. The van der Waals surface area contributed by atoms with Crippen molar-refractivity contribution in [1.29, 1.82) is 0 Å². The highest BCUT2D eigenvalue weighted by Gasteiger charge is 2.23. The Labute approximate surface area is 127 Å². The molecule has 3 nitrogen and oxygen atoms in total. The molecular weight excluding hydrogens is 258 g/mol. The van der Waals surface area contributed by atoms with Gasteiger partial charge in [0.15, 0.2) is 0 Å². The van der Waals surface area contributed by atoms with Crippen LogP contribution in [0.15, 0.2) is 30.3 Å². The molecule has 1 aromatic heterocycles. The molecule has 1 fully saturated rings. The normalized spacial score (nSPS) is 14.6. The SMILES string of the molecule is CCCNCc1cc(N(C)CC2CC2)c2ccccc2n1. The van der Waals surface area contributed by atoms with E-state index in [1.54, 1.807) is 0 Å². The van der Waals surface area contributed by atoms with Crippen molar-refractivity contribution in [3.8, 4) is 0 Å². The number of nitrogens with zero attached hydrogens (tertiary/aromatic N) is 2. The average Bonchev–Trinajstić information content (AvgIpc) is 3.30. The summed E-state index contributed by atoms with van der Waals surface area (Å²) in [6.07, 6.45) is 3.93. The van der Waals surface area contributed by atoms with Gasteiger partial charge in [-0.05, 0) is 43.9 Å². The second-order valence-corrected chi connectivity index (χ2v) is 6.15. The third-order valence-electron chi connectivity index (χ3n) is 4.12. The van der Waals surface area contributed by atoms with Crippen LogP contribution in [0, 0.1) is 5.92 Å². The number of aromatic nitrogens is 1. The predicted molar refractivity (Wildman–Crippen MR) is 89.7 cm³/mol. The number of rotatable bonds is 7. The molecule has 0 spiro atoms. The van der Waals surface area contributed by atoms with E-state index in [1.165, 1.54) is 23.9 Å². The van der Waals surface area contributed by atoms with Crippen molar-refractivity contribution in [3.63, 3.8) is 0 Å². The fraction of sp³-hybridized carbons (Fsp3) is 0.500. The molecule has 2 aromatic rings. The number of hydrogen-bond donors (Lipinski definition) is 1. The summed E-state index contributed by atoms with van der Waals surface area (Å²) >= 11 is 0. The smallest absolute Gasteiger partial charge is 0.0726 e. The van der Waals surface area contributed by atoms with E-state index >= 15 is 0 Å². The highest BCUT2D eigenvalue weighted by Crippen LogP contribution is 2.33. The minimum absolute atomic E-state index is 0.850. The molecule has 0 unspecified atom stereocenters. The summed E-state index contributed by atoms with van der Waals surface area (Å²) in [6, 6.07) is 10.7. The van der Waals surface area contributed by atoms with Crippen molar-refractivity contribution in [2.45, 2.75) is 32.7 Å². The van der Waals surface area contributed by atoms with Gasteiger partial charge in [-0.1, -0.05) is 25.1 Å². The number of benzene rings is 1. The van der Waals surface area contributed by atoms with E-state index in [0.29, 0.717) is 0 Å². The zero-order valence-electron chi connectivity index (χ0n) is 13.1. The van der Waals surface area contributed by atoms with Crippen LogP contribution in [-0.2, 0) is 6.54 Å². The lowest BCUT2D eigenvalue weighted by molar-refractivity contribution is 0.665. The van der Waals surface area contributed by atoms with Crippen LogP contribution in [0.5, 0.6) is 0 Å². The first kappa shape index (κ1) is 14.3. The Hall–Kier alpha value is -1.61. The second kappa shape index (κ2) is 6.44. The monoisotopic (exact) mass is 283 g/mol. The first-order chi connectivity index (χ1) is 10.3. The number of fused-ring (bicyclic) bond motifs is 1. The molecule has 21 heavy (non-hydrogen) atoms. The Morgan fingerprint density at radius 1 is 1.29 bits per heavy atom. The van der Waals surface area contributed by atoms with Crippen molar-refractivity contribution in [2.75, 3.05) is 25.0 Å². The Bertz CT molecular complexity index is 604.